The van der Waals surface area contributed by atoms with E-state index in [1.54, 1.807) is 0 Å². The summed E-state index contributed by atoms with van der Waals surface area (Å²) in [5.41, 5.74) is 1.31. The standard InChI is InChI=1S/C16H29N3S/c1-6-12(4)15-14(10-17-11(2)3)20-16(18-15)19(5)13-8-7-9-13/h11-13,17H,6-10H2,1-5H3. The van der Waals surface area contributed by atoms with Crippen molar-refractivity contribution >= 4 is 16.5 Å². The van der Waals surface area contributed by atoms with Crippen molar-refractivity contribution in [1.29, 1.82) is 0 Å². The molecule has 1 atom stereocenters. The van der Waals surface area contributed by atoms with Gasteiger partial charge in [0.05, 0.1) is 5.69 Å². The van der Waals surface area contributed by atoms with Crippen molar-refractivity contribution in [1.82, 2.24) is 10.3 Å². The van der Waals surface area contributed by atoms with Gasteiger partial charge in [-0.1, -0.05) is 27.7 Å². The van der Waals surface area contributed by atoms with Gasteiger partial charge < -0.3 is 10.2 Å². The Hall–Kier alpha value is -0.610. The Morgan fingerprint density at radius 1 is 1.35 bits per heavy atom. The number of rotatable bonds is 7. The molecule has 1 aromatic heterocycles. The third-order valence-corrected chi connectivity index (χ3v) is 5.55. The van der Waals surface area contributed by atoms with Crippen molar-refractivity contribution in [3.05, 3.63) is 10.6 Å². The van der Waals surface area contributed by atoms with Gasteiger partial charge in [-0.3, -0.25) is 0 Å². The van der Waals surface area contributed by atoms with Crippen molar-refractivity contribution in [2.24, 2.45) is 0 Å². The molecule has 4 heteroatoms. The Kier molecular flexibility index (Phi) is 5.44. The summed E-state index contributed by atoms with van der Waals surface area (Å²) in [6.45, 7) is 9.89. The smallest absolute Gasteiger partial charge is 0.185 e. The van der Waals surface area contributed by atoms with Gasteiger partial charge in [0.2, 0.25) is 0 Å². The molecule has 20 heavy (non-hydrogen) atoms. The second-order valence-corrected chi connectivity index (χ2v) is 7.41. The summed E-state index contributed by atoms with van der Waals surface area (Å²) < 4.78 is 0. The average molecular weight is 295 g/mol. The molecule has 0 amide bonds. The zero-order valence-corrected chi connectivity index (χ0v) is 14.4. The first-order chi connectivity index (χ1) is 9.52. The van der Waals surface area contributed by atoms with Crippen LogP contribution in [0.1, 0.15) is 69.9 Å². The van der Waals surface area contributed by atoms with E-state index in [-0.39, 0.29) is 0 Å². The number of nitrogens with zero attached hydrogens (tertiary/aromatic N) is 2. The number of hydrogen-bond donors (Lipinski definition) is 1. The molecule has 1 aliphatic carbocycles. The summed E-state index contributed by atoms with van der Waals surface area (Å²) in [5.74, 6) is 0.554. The van der Waals surface area contributed by atoms with E-state index in [0.29, 0.717) is 12.0 Å². The Balaban J connectivity index is 2.16. The third-order valence-electron chi connectivity index (χ3n) is 4.39. The highest BCUT2D eigenvalue weighted by molar-refractivity contribution is 7.15. The van der Waals surface area contributed by atoms with Crippen LogP contribution >= 0.6 is 11.3 Å². The first kappa shape index (κ1) is 15.8. The van der Waals surface area contributed by atoms with Gasteiger partial charge in [-0.2, -0.15) is 0 Å². The van der Waals surface area contributed by atoms with Crippen LogP contribution in [0.5, 0.6) is 0 Å². The summed E-state index contributed by atoms with van der Waals surface area (Å²) in [4.78, 5) is 8.79. The van der Waals surface area contributed by atoms with Crippen LogP contribution in [0.15, 0.2) is 0 Å². The van der Waals surface area contributed by atoms with Gasteiger partial charge in [-0.25, -0.2) is 4.98 Å². The Morgan fingerprint density at radius 2 is 2.05 bits per heavy atom. The fraction of sp³-hybridized carbons (Fsp3) is 0.812. The molecule has 1 N–H and O–H groups in total. The largest absolute Gasteiger partial charge is 0.348 e. The summed E-state index contributed by atoms with van der Waals surface area (Å²) in [5, 5.41) is 4.76. The first-order valence-electron chi connectivity index (χ1n) is 7.98. The monoisotopic (exact) mass is 295 g/mol. The molecule has 1 heterocycles. The van der Waals surface area contributed by atoms with E-state index in [4.69, 9.17) is 4.98 Å². The highest BCUT2D eigenvalue weighted by Crippen LogP contribution is 2.35. The van der Waals surface area contributed by atoms with Gasteiger partial charge in [0.15, 0.2) is 5.13 Å². The van der Waals surface area contributed by atoms with Crippen molar-refractivity contribution in [2.45, 2.75) is 77.9 Å². The number of anilines is 1. The van der Waals surface area contributed by atoms with Crippen LogP contribution < -0.4 is 10.2 Å². The molecule has 0 radical (unpaired) electrons. The summed E-state index contributed by atoms with van der Waals surface area (Å²) in [6.07, 6.45) is 5.19. The van der Waals surface area contributed by atoms with Crippen molar-refractivity contribution in [3.63, 3.8) is 0 Å². The van der Waals surface area contributed by atoms with E-state index in [0.717, 1.165) is 19.0 Å². The maximum atomic E-state index is 4.97. The van der Waals surface area contributed by atoms with E-state index in [9.17, 15) is 0 Å². The molecule has 0 spiro atoms. The van der Waals surface area contributed by atoms with E-state index in [2.05, 4.69) is 45.0 Å². The minimum absolute atomic E-state index is 0.523. The molecule has 0 aromatic carbocycles. The molecule has 114 valence electrons. The number of nitrogens with one attached hydrogen (secondary N) is 1. The lowest BCUT2D eigenvalue weighted by molar-refractivity contribution is 0.400. The van der Waals surface area contributed by atoms with Gasteiger partial charge in [-0.15, -0.1) is 11.3 Å². The fourth-order valence-corrected chi connectivity index (χ4v) is 3.60. The van der Waals surface area contributed by atoms with Gasteiger partial charge >= 0.3 is 0 Å². The summed E-state index contributed by atoms with van der Waals surface area (Å²) >= 11 is 1.88. The van der Waals surface area contributed by atoms with Gasteiger partial charge in [0, 0.05) is 30.6 Å². The second kappa shape index (κ2) is 6.90. The van der Waals surface area contributed by atoms with Gasteiger partial charge in [0.25, 0.3) is 0 Å². The summed E-state index contributed by atoms with van der Waals surface area (Å²) in [7, 11) is 2.21. The lowest BCUT2D eigenvalue weighted by Gasteiger charge is -2.34. The van der Waals surface area contributed by atoms with Crippen molar-refractivity contribution in [3.8, 4) is 0 Å². The molecule has 0 bridgehead atoms. The van der Waals surface area contributed by atoms with Crippen LogP contribution in [0.25, 0.3) is 0 Å². The molecule has 1 saturated carbocycles. The number of hydrogen-bond acceptors (Lipinski definition) is 4. The fourth-order valence-electron chi connectivity index (χ4n) is 2.43. The van der Waals surface area contributed by atoms with Crippen molar-refractivity contribution < 1.29 is 0 Å². The zero-order valence-electron chi connectivity index (χ0n) is 13.6. The molecule has 0 aliphatic heterocycles. The van der Waals surface area contributed by atoms with Gasteiger partial charge in [-0.05, 0) is 31.6 Å². The topological polar surface area (TPSA) is 28.2 Å². The molecule has 2 rings (SSSR count). The van der Waals surface area contributed by atoms with Crippen LogP contribution in [0, 0.1) is 0 Å². The zero-order chi connectivity index (χ0) is 14.7. The predicted octanol–water partition coefficient (Wildman–Crippen LogP) is 4.14. The van der Waals surface area contributed by atoms with Crippen LogP contribution in [-0.4, -0.2) is 24.1 Å². The van der Waals surface area contributed by atoms with Gasteiger partial charge in [0.1, 0.15) is 0 Å². The number of thiazole rings is 1. The second-order valence-electron chi connectivity index (χ2n) is 6.35. The minimum Gasteiger partial charge on any atom is -0.348 e. The Morgan fingerprint density at radius 3 is 2.55 bits per heavy atom. The third kappa shape index (κ3) is 3.53. The predicted molar refractivity (Wildman–Crippen MR) is 88.8 cm³/mol. The SMILES string of the molecule is CCC(C)c1nc(N(C)C2CCC2)sc1CNC(C)C. The van der Waals surface area contributed by atoms with E-state index in [1.165, 1.54) is 35.0 Å². The lowest BCUT2D eigenvalue weighted by Crippen LogP contribution is -2.37. The van der Waals surface area contributed by atoms with Crippen LogP contribution in [0.4, 0.5) is 5.13 Å². The van der Waals surface area contributed by atoms with E-state index < -0.39 is 0 Å². The molecule has 1 aromatic rings. The maximum Gasteiger partial charge on any atom is 0.185 e. The normalized spacial score (nSPS) is 17.3. The van der Waals surface area contributed by atoms with Crippen LogP contribution in [-0.2, 0) is 6.54 Å². The quantitative estimate of drug-likeness (QED) is 0.819. The van der Waals surface area contributed by atoms with E-state index in [1.807, 2.05) is 11.3 Å². The van der Waals surface area contributed by atoms with Crippen molar-refractivity contribution in [2.75, 3.05) is 11.9 Å². The Bertz CT molecular complexity index is 423. The van der Waals surface area contributed by atoms with Crippen LogP contribution in [0.3, 0.4) is 0 Å². The minimum atomic E-state index is 0.523. The first-order valence-corrected chi connectivity index (χ1v) is 8.80. The molecule has 3 nitrogen and oxygen atoms in total. The van der Waals surface area contributed by atoms with Crippen LogP contribution in [0.2, 0.25) is 0 Å². The summed E-state index contributed by atoms with van der Waals surface area (Å²) in [6, 6.07) is 1.24. The van der Waals surface area contributed by atoms with E-state index >= 15 is 0 Å². The number of aromatic nitrogens is 1. The molecule has 1 fully saturated rings. The molecular weight excluding hydrogens is 266 g/mol. The Labute approximate surface area is 127 Å². The molecule has 0 saturated heterocycles. The average Bonchev–Trinajstić information content (AvgIpc) is 2.77. The highest BCUT2D eigenvalue weighted by atomic mass is 32.1. The molecule has 1 aliphatic rings. The highest BCUT2D eigenvalue weighted by Gasteiger charge is 2.26. The molecule has 1 unspecified atom stereocenters. The lowest BCUT2D eigenvalue weighted by atomic mass is 9.92. The maximum absolute atomic E-state index is 4.97. The molecular formula is C16H29N3S.